The molecule has 0 radical (unpaired) electrons. The Morgan fingerprint density at radius 1 is 1.15 bits per heavy atom. The summed E-state index contributed by atoms with van der Waals surface area (Å²) < 4.78 is 16.6. The van der Waals surface area contributed by atoms with E-state index in [1.54, 1.807) is 7.11 Å². The van der Waals surface area contributed by atoms with Crippen molar-refractivity contribution in [1.29, 1.82) is 0 Å². The van der Waals surface area contributed by atoms with Gasteiger partial charge in [-0.25, -0.2) is 0 Å². The highest BCUT2D eigenvalue weighted by Crippen LogP contribution is 2.34. The van der Waals surface area contributed by atoms with Gasteiger partial charge in [-0.2, -0.15) is 4.99 Å². The molecule has 4 rings (SSSR count). The predicted octanol–water partition coefficient (Wildman–Crippen LogP) is 4.52. The van der Waals surface area contributed by atoms with Crippen molar-refractivity contribution in [3.63, 3.8) is 0 Å². The van der Waals surface area contributed by atoms with Crippen LogP contribution in [0.2, 0.25) is 0 Å². The van der Waals surface area contributed by atoms with Gasteiger partial charge in [0.15, 0.2) is 16.7 Å². The minimum atomic E-state index is -0.254. The van der Waals surface area contributed by atoms with Gasteiger partial charge in [0.25, 0.3) is 5.91 Å². The van der Waals surface area contributed by atoms with E-state index in [2.05, 4.69) is 9.89 Å². The number of thioether (sulfide) groups is 1. The molecule has 0 atom stereocenters. The second kappa shape index (κ2) is 11.2. The first-order chi connectivity index (χ1) is 16.6. The van der Waals surface area contributed by atoms with Crippen molar-refractivity contribution in [1.82, 2.24) is 4.90 Å². The Labute approximate surface area is 203 Å². The smallest absolute Gasteiger partial charge is 0.309 e. The largest absolute Gasteiger partial charge is 0.493 e. The molecule has 0 spiro atoms. The Kier molecular flexibility index (Phi) is 7.90. The van der Waals surface area contributed by atoms with Gasteiger partial charge in [-0.15, -0.1) is 0 Å². The number of amidine groups is 1. The topological polar surface area (TPSA) is 77.4 Å². The first-order valence-electron chi connectivity index (χ1n) is 11.4. The number of aliphatic imine (C=N–C) groups is 1. The van der Waals surface area contributed by atoms with Crippen LogP contribution in [0.3, 0.4) is 0 Å². The zero-order valence-electron chi connectivity index (χ0n) is 19.4. The van der Waals surface area contributed by atoms with Crippen molar-refractivity contribution in [3.8, 4) is 11.5 Å². The molecule has 1 amide bonds. The lowest BCUT2D eigenvalue weighted by Gasteiger charge is -2.31. The van der Waals surface area contributed by atoms with E-state index in [9.17, 15) is 9.59 Å². The van der Waals surface area contributed by atoms with Gasteiger partial charge in [0.05, 0.1) is 24.5 Å². The van der Waals surface area contributed by atoms with Crippen LogP contribution in [0.1, 0.15) is 30.9 Å². The Balaban J connectivity index is 1.38. The van der Waals surface area contributed by atoms with Crippen LogP contribution in [0.5, 0.6) is 11.5 Å². The molecule has 1 fully saturated rings. The minimum Gasteiger partial charge on any atom is -0.493 e. The van der Waals surface area contributed by atoms with Gasteiger partial charge >= 0.3 is 5.97 Å². The van der Waals surface area contributed by atoms with Gasteiger partial charge in [-0.1, -0.05) is 36.4 Å². The molecule has 0 bridgehead atoms. The number of methoxy groups -OCH3 is 1. The van der Waals surface area contributed by atoms with E-state index in [0.29, 0.717) is 60.7 Å². The van der Waals surface area contributed by atoms with Crippen LogP contribution in [-0.4, -0.2) is 48.8 Å². The van der Waals surface area contributed by atoms with Crippen molar-refractivity contribution in [2.45, 2.75) is 26.4 Å². The Morgan fingerprint density at radius 3 is 2.62 bits per heavy atom. The highest BCUT2D eigenvalue weighted by atomic mass is 32.2. The van der Waals surface area contributed by atoms with Crippen molar-refractivity contribution in [2.24, 2.45) is 10.9 Å². The number of hydrogen-bond donors (Lipinski definition) is 0. The van der Waals surface area contributed by atoms with Gasteiger partial charge in [0.2, 0.25) is 0 Å². The second-order valence-corrected chi connectivity index (χ2v) is 9.02. The molecule has 1 saturated heterocycles. The molecule has 2 heterocycles. The number of benzene rings is 2. The highest BCUT2D eigenvalue weighted by molar-refractivity contribution is 8.18. The maximum absolute atomic E-state index is 12.5. The van der Waals surface area contributed by atoms with E-state index in [0.717, 1.165) is 11.1 Å². The number of esters is 1. The van der Waals surface area contributed by atoms with Gasteiger partial charge < -0.3 is 19.1 Å². The molecule has 0 unspecified atom stereocenters. The fourth-order valence-electron chi connectivity index (χ4n) is 3.88. The molecule has 2 aliphatic heterocycles. The van der Waals surface area contributed by atoms with Crippen LogP contribution in [0.25, 0.3) is 6.08 Å². The summed E-state index contributed by atoms with van der Waals surface area (Å²) in [5.74, 6) is 0.771. The fourth-order valence-corrected chi connectivity index (χ4v) is 4.84. The summed E-state index contributed by atoms with van der Waals surface area (Å²) in [5.41, 5.74) is 1.90. The summed E-state index contributed by atoms with van der Waals surface area (Å²) in [7, 11) is 1.60. The molecule has 178 valence electrons. The lowest BCUT2D eigenvalue weighted by Crippen LogP contribution is -2.39. The molecular formula is C26H28N2O5S. The number of likely N-dealkylation sites (tertiary alicyclic amines) is 1. The van der Waals surface area contributed by atoms with Crippen molar-refractivity contribution >= 4 is 34.9 Å². The molecular weight excluding hydrogens is 452 g/mol. The summed E-state index contributed by atoms with van der Waals surface area (Å²) in [5, 5.41) is 0.688. The van der Waals surface area contributed by atoms with E-state index in [1.165, 1.54) is 11.8 Å². The number of carbonyl (C=O) groups excluding carboxylic acids is 2. The summed E-state index contributed by atoms with van der Waals surface area (Å²) >= 11 is 1.36. The number of amides is 1. The maximum Gasteiger partial charge on any atom is 0.309 e. The first kappa shape index (κ1) is 23.9. The molecule has 2 aliphatic rings. The monoisotopic (exact) mass is 480 g/mol. The van der Waals surface area contributed by atoms with E-state index >= 15 is 0 Å². The summed E-state index contributed by atoms with van der Waals surface area (Å²) in [6, 6.07) is 15.5. The number of ether oxygens (including phenoxy) is 3. The average molecular weight is 481 g/mol. The Hall–Kier alpha value is -3.26. The van der Waals surface area contributed by atoms with Crippen molar-refractivity contribution in [2.75, 3.05) is 26.8 Å². The van der Waals surface area contributed by atoms with E-state index in [1.807, 2.05) is 61.5 Å². The third-order valence-electron chi connectivity index (χ3n) is 5.72. The molecule has 2 aromatic carbocycles. The first-order valence-corrected chi connectivity index (χ1v) is 12.2. The lowest BCUT2D eigenvalue weighted by molar-refractivity contribution is -0.149. The van der Waals surface area contributed by atoms with Crippen LogP contribution in [0.15, 0.2) is 58.4 Å². The number of hydrogen-bond acceptors (Lipinski definition) is 7. The van der Waals surface area contributed by atoms with Gasteiger partial charge in [0.1, 0.15) is 6.61 Å². The van der Waals surface area contributed by atoms with E-state index in [4.69, 9.17) is 14.2 Å². The summed E-state index contributed by atoms with van der Waals surface area (Å²) in [6.45, 7) is 4.01. The quantitative estimate of drug-likeness (QED) is 0.426. The minimum absolute atomic E-state index is 0.0796. The molecule has 0 aromatic heterocycles. The molecule has 2 aromatic rings. The number of nitrogens with zero attached hydrogens (tertiary/aromatic N) is 2. The van der Waals surface area contributed by atoms with Crippen molar-refractivity contribution < 1.29 is 23.8 Å². The standard InChI is InChI=1S/C26H28N2O5S/c1-3-32-25(30)20-11-13-28(14-12-20)26-27-24(29)23(34-26)16-19-9-10-21(22(15-19)31-2)33-17-18-7-5-4-6-8-18/h4-10,15-16,20H,3,11-14,17H2,1-2H3. The summed E-state index contributed by atoms with van der Waals surface area (Å²) in [6.07, 6.45) is 3.22. The molecule has 8 heteroatoms. The third kappa shape index (κ3) is 5.80. The van der Waals surface area contributed by atoms with Crippen molar-refractivity contribution in [3.05, 3.63) is 64.6 Å². The fraction of sp³-hybridized carbons (Fsp3) is 0.346. The SMILES string of the molecule is CCOC(=O)C1CCN(C2=NC(=O)C(=Cc3ccc(OCc4ccccc4)c(OC)c3)S2)CC1. The third-order valence-corrected chi connectivity index (χ3v) is 6.76. The number of rotatable bonds is 7. The summed E-state index contributed by atoms with van der Waals surface area (Å²) in [4.78, 5) is 31.4. The normalized spacial score (nSPS) is 17.6. The Bertz CT molecular complexity index is 1090. The van der Waals surface area contributed by atoms with E-state index in [-0.39, 0.29) is 17.8 Å². The molecule has 0 N–H and O–H groups in total. The maximum atomic E-state index is 12.5. The van der Waals surface area contributed by atoms with Crippen LogP contribution in [-0.2, 0) is 20.9 Å². The average Bonchev–Trinajstić information content (AvgIpc) is 3.24. The van der Waals surface area contributed by atoms with Gasteiger partial charge in [-0.3, -0.25) is 9.59 Å². The van der Waals surface area contributed by atoms with Crippen LogP contribution >= 0.6 is 11.8 Å². The van der Waals surface area contributed by atoms with Crippen LogP contribution < -0.4 is 9.47 Å². The Morgan fingerprint density at radius 2 is 1.91 bits per heavy atom. The van der Waals surface area contributed by atoms with Gasteiger partial charge in [0, 0.05) is 13.1 Å². The molecule has 34 heavy (non-hydrogen) atoms. The number of piperidine rings is 1. The van der Waals surface area contributed by atoms with Crippen LogP contribution in [0, 0.1) is 5.92 Å². The second-order valence-electron chi connectivity index (χ2n) is 8.01. The predicted molar refractivity (Wildman–Crippen MR) is 133 cm³/mol. The van der Waals surface area contributed by atoms with E-state index < -0.39 is 0 Å². The number of carbonyl (C=O) groups is 2. The molecule has 7 nitrogen and oxygen atoms in total. The molecule has 0 aliphatic carbocycles. The molecule has 0 saturated carbocycles. The van der Waals surface area contributed by atoms with Crippen LogP contribution in [0.4, 0.5) is 0 Å². The highest BCUT2D eigenvalue weighted by Gasteiger charge is 2.31. The lowest BCUT2D eigenvalue weighted by atomic mass is 9.97. The van der Waals surface area contributed by atoms with Gasteiger partial charge in [-0.05, 0) is 60.9 Å². The zero-order valence-corrected chi connectivity index (χ0v) is 20.2. The zero-order chi connectivity index (χ0) is 23.9.